The zero-order valence-corrected chi connectivity index (χ0v) is 23.5. The van der Waals surface area contributed by atoms with Crippen molar-refractivity contribution in [3.63, 3.8) is 0 Å². The number of rotatable bonds is 14. The Morgan fingerprint density at radius 2 is 1.90 bits per heavy atom. The van der Waals surface area contributed by atoms with E-state index in [-0.39, 0.29) is 37.1 Å². The van der Waals surface area contributed by atoms with Crippen molar-refractivity contribution in [3.8, 4) is 17.2 Å². The van der Waals surface area contributed by atoms with E-state index in [1.807, 2.05) is 26.8 Å². The number of ether oxygens (including phenoxy) is 3. The molecule has 3 heterocycles. The highest BCUT2D eigenvalue weighted by molar-refractivity contribution is 5.79. The van der Waals surface area contributed by atoms with Crippen LogP contribution in [0.2, 0.25) is 0 Å². The zero-order valence-electron chi connectivity index (χ0n) is 23.5. The number of amides is 2. The average molecular weight is 546 g/mol. The summed E-state index contributed by atoms with van der Waals surface area (Å²) in [4.78, 5) is 44.5. The van der Waals surface area contributed by atoms with Crippen molar-refractivity contribution in [1.29, 1.82) is 0 Å². The number of fused-ring (bicyclic) bond motifs is 1. The Labute approximate surface area is 231 Å². The molecule has 3 aliphatic heterocycles. The fourth-order valence-electron chi connectivity index (χ4n) is 6.12. The van der Waals surface area contributed by atoms with E-state index in [1.165, 1.54) is 0 Å². The van der Waals surface area contributed by atoms with Gasteiger partial charge in [-0.15, -0.1) is 0 Å². The van der Waals surface area contributed by atoms with Crippen LogP contribution in [0.4, 0.5) is 0 Å². The molecular formula is C29H43N3O7. The van der Waals surface area contributed by atoms with Gasteiger partial charge >= 0.3 is 5.97 Å². The number of unbranched alkanes of at least 4 members (excludes halogenated alkanes) is 2. The lowest BCUT2D eigenvalue weighted by Gasteiger charge is -2.30. The lowest BCUT2D eigenvalue weighted by Crippen LogP contribution is -2.45. The largest absolute Gasteiger partial charge is 0.493 e. The van der Waals surface area contributed by atoms with Gasteiger partial charge in [0.15, 0.2) is 11.5 Å². The van der Waals surface area contributed by atoms with Gasteiger partial charge in [-0.25, -0.2) is 0 Å². The predicted octanol–water partition coefficient (Wildman–Crippen LogP) is 3.33. The van der Waals surface area contributed by atoms with Crippen molar-refractivity contribution in [2.75, 3.05) is 53.2 Å². The number of hydrogen-bond acceptors (Lipinski definition) is 7. The van der Waals surface area contributed by atoms with Gasteiger partial charge in [-0.1, -0.05) is 26.7 Å². The molecule has 216 valence electrons. The number of carbonyl (C=O) groups excluding carboxylic acids is 2. The molecule has 0 aliphatic carbocycles. The van der Waals surface area contributed by atoms with Gasteiger partial charge in [-0.2, -0.15) is 0 Å². The normalized spacial score (nSPS) is 22.5. The Hall–Kier alpha value is -3.01. The summed E-state index contributed by atoms with van der Waals surface area (Å²) < 4.78 is 16.7. The highest BCUT2D eigenvalue weighted by atomic mass is 16.7. The van der Waals surface area contributed by atoms with Crippen LogP contribution in [0.15, 0.2) is 12.1 Å². The lowest BCUT2D eigenvalue weighted by molar-refractivity contribution is -0.144. The van der Waals surface area contributed by atoms with E-state index >= 15 is 0 Å². The third-order valence-corrected chi connectivity index (χ3v) is 8.26. The van der Waals surface area contributed by atoms with Crippen LogP contribution in [0.5, 0.6) is 17.2 Å². The van der Waals surface area contributed by atoms with Crippen LogP contribution in [-0.4, -0.2) is 96.8 Å². The molecule has 3 aliphatic rings. The number of hydrogen-bond donors (Lipinski definition) is 1. The maximum absolute atomic E-state index is 13.6. The highest BCUT2D eigenvalue weighted by Crippen LogP contribution is 2.47. The first kappa shape index (κ1) is 29.0. The molecule has 2 fully saturated rings. The van der Waals surface area contributed by atoms with Gasteiger partial charge in [0.1, 0.15) is 0 Å². The Bertz CT molecular complexity index is 1020. The highest BCUT2D eigenvalue weighted by Gasteiger charge is 2.48. The van der Waals surface area contributed by atoms with Crippen LogP contribution in [0.25, 0.3) is 0 Å². The first-order valence-corrected chi connectivity index (χ1v) is 14.4. The average Bonchev–Trinajstić information content (AvgIpc) is 3.65. The number of carboxylic acid groups (broad SMARTS) is 1. The van der Waals surface area contributed by atoms with Crippen molar-refractivity contribution in [3.05, 3.63) is 17.7 Å². The van der Waals surface area contributed by atoms with Gasteiger partial charge in [0.05, 0.1) is 19.6 Å². The van der Waals surface area contributed by atoms with Crippen LogP contribution in [-0.2, 0) is 14.4 Å². The molecule has 1 aromatic rings. The van der Waals surface area contributed by atoms with Crippen molar-refractivity contribution < 1.29 is 33.7 Å². The Kier molecular flexibility index (Phi) is 9.94. The van der Waals surface area contributed by atoms with Crippen molar-refractivity contribution in [2.45, 2.75) is 70.8 Å². The SMILES string of the molecule is CCCCN(CCCC)C(=O)CN1C[C@H](c2cc(OC)c3c(c2)OCO3)[C@@H](C(=O)O)[C@@H]1CCN1CCCC1=O. The van der Waals surface area contributed by atoms with E-state index in [4.69, 9.17) is 14.2 Å². The third-order valence-electron chi connectivity index (χ3n) is 8.26. The number of benzene rings is 1. The number of carbonyl (C=O) groups is 3. The molecule has 10 heteroatoms. The summed E-state index contributed by atoms with van der Waals surface area (Å²) in [6.07, 6.45) is 5.75. The van der Waals surface area contributed by atoms with Gasteiger partial charge in [-0.05, 0) is 43.4 Å². The maximum atomic E-state index is 13.6. The van der Waals surface area contributed by atoms with Crippen LogP contribution in [0, 0.1) is 5.92 Å². The van der Waals surface area contributed by atoms with Crippen LogP contribution < -0.4 is 14.2 Å². The second-order valence-electron chi connectivity index (χ2n) is 10.8. The van der Waals surface area contributed by atoms with Gasteiger partial charge in [0, 0.05) is 51.1 Å². The van der Waals surface area contributed by atoms with Gasteiger partial charge in [0.25, 0.3) is 0 Å². The van der Waals surface area contributed by atoms with E-state index in [9.17, 15) is 19.5 Å². The number of aliphatic carboxylic acids is 1. The van der Waals surface area contributed by atoms with Gasteiger partial charge < -0.3 is 29.1 Å². The first-order chi connectivity index (χ1) is 18.9. The van der Waals surface area contributed by atoms with E-state index in [1.54, 1.807) is 7.11 Å². The molecule has 3 atom stereocenters. The van der Waals surface area contributed by atoms with Crippen molar-refractivity contribution in [1.82, 2.24) is 14.7 Å². The monoisotopic (exact) mass is 545 g/mol. The fraction of sp³-hybridized carbons (Fsp3) is 0.690. The summed E-state index contributed by atoms with van der Waals surface area (Å²) in [6, 6.07) is 3.28. The molecule has 1 aromatic carbocycles. The molecular weight excluding hydrogens is 502 g/mol. The second-order valence-corrected chi connectivity index (χ2v) is 10.8. The summed E-state index contributed by atoms with van der Waals surface area (Å²) in [5, 5.41) is 10.5. The standard InChI is InChI=1S/C29H43N3O7/c1-4-6-11-30(12-7-5-2)26(34)18-32-17-21(20-15-23(37-3)28-24(16-20)38-19-39-28)27(29(35)36)22(32)10-14-31-13-8-9-25(31)33/h15-16,21-22,27H,4-14,17-19H2,1-3H3,(H,35,36)/t21-,22+,27-/m1/s1. The summed E-state index contributed by atoms with van der Waals surface area (Å²) in [7, 11) is 1.55. The van der Waals surface area contributed by atoms with Crippen LogP contribution in [0.3, 0.4) is 0 Å². The van der Waals surface area contributed by atoms with Crippen molar-refractivity contribution in [2.24, 2.45) is 5.92 Å². The Morgan fingerprint density at radius 1 is 1.15 bits per heavy atom. The number of nitrogens with zero attached hydrogens (tertiary/aromatic N) is 3. The Balaban J connectivity index is 1.62. The van der Waals surface area contributed by atoms with Crippen molar-refractivity contribution >= 4 is 17.8 Å². The number of methoxy groups -OCH3 is 1. The molecule has 0 unspecified atom stereocenters. The molecule has 0 bridgehead atoms. The van der Waals surface area contributed by atoms with Gasteiger partial charge in [-0.3, -0.25) is 19.3 Å². The summed E-state index contributed by atoms with van der Waals surface area (Å²) in [6.45, 7) is 7.49. The molecule has 10 nitrogen and oxygen atoms in total. The van der Waals surface area contributed by atoms with Gasteiger partial charge in [0.2, 0.25) is 24.4 Å². The molecule has 0 aromatic heterocycles. The minimum absolute atomic E-state index is 0.0344. The quantitative estimate of drug-likeness (QED) is 0.379. The fourth-order valence-corrected chi connectivity index (χ4v) is 6.12. The second kappa shape index (κ2) is 13.4. The minimum atomic E-state index is -0.904. The van der Waals surface area contributed by atoms with Crippen LogP contribution >= 0.6 is 0 Å². The third kappa shape index (κ3) is 6.59. The lowest BCUT2D eigenvalue weighted by atomic mass is 9.84. The molecule has 0 spiro atoms. The smallest absolute Gasteiger partial charge is 0.308 e. The molecule has 1 N–H and O–H groups in total. The number of carboxylic acids is 1. The van der Waals surface area contributed by atoms with E-state index < -0.39 is 11.9 Å². The molecule has 2 amide bonds. The predicted molar refractivity (Wildman–Crippen MR) is 145 cm³/mol. The molecule has 39 heavy (non-hydrogen) atoms. The molecule has 4 rings (SSSR count). The topological polar surface area (TPSA) is 109 Å². The van der Waals surface area contributed by atoms with E-state index in [2.05, 4.69) is 13.8 Å². The summed E-state index contributed by atoms with van der Waals surface area (Å²) in [5.74, 6) is -0.325. The van der Waals surface area contributed by atoms with Crippen LogP contribution in [0.1, 0.15) is 70.3 Å². The summed E-state index contributed by atoms with van der Waals surface area (Å²) in [5.41, 5.74) is 0.787. The maximum Gasteiger partial charge on any atom is 0.308 e. The van der Waals surface area contributed by atoms with E-state index in [0.29, 0.717) is 62.8 Å². The Morgan fingerprint density at radius 3 is 2.51 bits per heavy atom. The first-order valence-electron chi connectivity index (χ1n) is 14.4. The van der Waals surface area contributed by atoms with E-state index in [0.717, 1.165) is 37.7 Å². The minimum Gasteiger partial charge on any atom is -0.493 e. The molecule has 2 saturated heterocycles. The zero-order chi connectivity index (χ0) is 27.9. The molecule has 0 radical (unpaired) electrons. The molecule has 0 saturated carbocycles. The summed E-state index contributed by atoms with van der Waals surface area (Å²) >= 11 is 0. The number of likely N-dealkylation sites (tertiary alicyclic amines) is 2.